The summed E-state index contributed by atoms with van der Waals surface area (Å²) in [6, 6.07) is 6.20. The molecule has 0 bridgehead atoms. The summed E-state index contributed by atoms with van der Waals surface area (Å²) in [7, 11) is 1.63. The smallest absolute Gasteiger partial charge is 0.317 e. The Morgan fingerprint density at radius 3 is 2.83 bits per heavy atom. The summed E-state index contributed by atoms with van der Waals surface area (Å²) in [4.78, 5) is 12.9. The monoisotopic (exact) mass is 313 g/mol. The summed E-state index contributed by atoms with van der Waals surface area (Å²) in [5.74, 6) is 0.0186. The van der Waals surface area contributed by atoms with Crippen LogP contribution in [-0.2, 0) is 11.3 Å². The molecule has 0 aliphatic heterocycles. The number of methoxy groups -OCH3 is 1. The van der Waals surface area contributed by atoms with Crippen molar-refractivity contribution >= 4 is 21.9 Å². The highest BCUT2D eigenvalue weighted by Gasteiger charge is 2.30. The van der Waals surface area contributed by atoms with Crippen LogP contribution in [-0.4, -0.2) is 35.7 Å². The number of ether oxygens (including phenoxy) is 1. The highest BCUT2D eigenvalue weighted by atomic mass is 79.9. The van der Waals surface area contributed by atoms with Crippen LogP contribution >= 0.6 is 15.9 Å². The lowest BCUT2D eigenvalue weighted by molar-refractivity contribution is -0.138. The van der Waals surface area contributed by atoms with Crippen LogP contribution in [0.2, 0.25) is 0 Å². The van der Waals surface area contributed by atoms with Gasteiger partial charge >= 0.3 is 5.97 Å². The van der Waals surface area contributed by atoms with Gasteiger partial charge in [0, 0.05) is 22.6 Å². The number of aliphatic carboxylic acids is 1. The van der Waals surface area contributed by atoms with Gasteiger partial charge < -0.3 is 9.84 Å². The second-order valence-corrected chi connectivity index (χ2v) is 5.40. The molecule has 1 saturated carbocycles. The summed E-state index contributed by atoms with van der Waals surface area (Å²) in [6.07, 6.45) is 2.17. The van der Waals surface area contributed by atoms with Gasteiger partial charge in [-0.1, -0.05) is 15.9 Å². The summed E-state index contributed by atoms with van der Waals surface area (Å²) in [5.41, 5.74) is 1.01. The van der Waals surface area contributed by atoms with Crippen LogP contribution in [0.5, 0.6) is 5.75 Å². The van der Waals surface area contributed by atoms with E-state index in [2.05, 4.69) is 15.9 Å². The van der Waals surface area contributed by atoms with Gasteiger partial charge in [-0.05, 0) is 31.0 Å². The second kappa shape index (κ2) is 5.71. The van der Waals surface area contributed by atoms with E-state index in [1.807, 2.05) is 23.1 Å². The molecule has 0 radical (unpaired) electrons. The molecule has 98 valence electrons. The molecule has 1 aliphatic carbocycles. The van der Waals surface area contributed by atoms with E-state index in [1.165, 1.54) is 0 Å². The van der Waals surface area contributed by atoms with Crippen molar-refractivity contribution in [1.82, 2.24) is 4.90 Å². The van der Waals surface area contributed by atoms with Crippen molar-refractivity contribution in [3.8, 4) is 5.75 Å². The number of nitrogens with zero attached hydrogens (tertiary/aromatic N) is 1. The van der Waals surface area contributed by atoms with Crippen molar-refractivity contribution in [3.63, 3.8) is 0 Å². The Hall–Kier alpha value is -1.07. The number of hydrogen-bond donors (Lipinski definition) is 1. The van der Waals surface area contributed by atoms with Gasteiger partial charge in [-0.2, -0.15) is 0 Å². The maximum atomic E-state index is 10.9. The van der Waals surface area contributed by atoms with Crippen LogP contribution in [0.3, 0.4) is 0 Å². The molecule has 4 nitrogen and oxygen atoms in total. The van der Waals surface area contributed by atoms with Crippen molar-refractivity contribution < 1.29 is 14.6 Å². The molecule has 1 N–H and O–H groups in total. The highest BCUT2D eigenvalue weighted by molar-refractivity contribution is 9.10. The summed E-state index contributed by atoms with van der Waals surface area (Å²) >= 11 is 3.43. The van der Waals surface area contributed by atoms with Crippen molar-refractivity contribution in [2.24, 2.45) is 0 Å². The van der Waals surface area contributed by atoms with Gasteiger partial charge in [-0.25, -0.2) is 0 Å². The molecule has 0 heterocycles. The Bertz CT molecular complexity index is 446. The van der Waals surface area contributed by atoms with Crippen LogP contribution in [0, 0.1) is 0 Å². The zero-order chi connectivity index (χ0) is 13.1. The summed E-state index contributed by atoms with van der Waals surface area (Å²) in [6.45, 7) is 0.694. The molecule has 1 aromatic rings. The first-order valence-electron chi connectivity index (χ1n) is 5.88. The zero-order valence-corrected chi connectivity index (χ0v) is 11.8. The molecule has 0 saturated heterocycles. The van der Waals surface area contributed by atoms with Crippen LogP contribution in [0.4, 0.5) is 0 Å². The van der Waals surface area contributed by atoms with Crippen LogP contribution in [0.15, 0.2) is 22.7 Å². The number of carboxylic acids is 1. The van der Waals surface area contributed by atoms with Gasteiger partial charge in [0.15, 0.2) is 0 Å². The Morgan fingerprint density at radius 2 is 2.28 bits per heavy atom. The molecule has 0 aromatic heterocycles. The normalized spacial score (nSPS) is 14.8. The first kappa shape index (κ1) is 13.4. The fraction of sp³-hybridized carbons (Fsp3) is 0.462. The third-order valence-corrected chi connectivity index (χ3v) is 3.51. The van der Waals surface area contributed by atoms with Crippen molar-refractivity contribution in [2.75, 3.05) is 13.7 Å². The Balaban J connectivity index is 2.14. The quantitative estimate of drug-likeness (QED) is 0.876. The molecular weight excluding hydrogens is 298 g/mol. The van der Waals surface area contributed by atoms with E-state index in [1.54, 1.807) is 7.11 Å². The van der Waals surface area contributed by atoms with Crippen LogP contribution < -0.4 is 4.74 Å². The molecule has 18 heavy (non-hydrogen) atoms. The minimum absolute atomic E-state index is 0.0837. The largest absolute Gasteiger partial charge is 0.496 e. The molecule has 5 heteroatoms. The number of hydrogen-bond acceptors (Lipinski definition) is 3. The third kappa shape index (κ3) is 3.46. The number of rotatable bonds is 6. The van der Waals surface area contributed by atoms with E-state index in [0.717, 1.165) is 28.6 Å². The lowest BCUT2D eigenvalue weighted by Crippen LogP contribution is -2.31. The fourth-order valence-electron chi connectivity index (χ4n) is 2.02. The average Bonchev–Trinajstić information content (AvgIpc) is 3.11. The third-order valence-electron chi connectivity index (χ3n) is 3.02. The van der Waals surface area contributed by atoms with E-state index in [0.29, 0.717) is 12.6 Å². The minimum atomic E-state index is -0.782. The van der Waals surface area contributed by atoms with Crippen molar-refractivity contribution in [2.45, 2.75) is 25.4 Å². The van der Waals surface area contributed by atoms with E-state index in [9.17, 15) is 4.79 Å². The van der Waals surface area contributed by atoms with Crippen LogP contribution in [0.25, 0.3) is 0 Å². The summed E-state index contributed by atoms with van der Waals surface area (Å²) < 4.78 is 6.29. The first-order chi connectivity index (χ1) is 8.60. The molecule has 0 spiro atoms. The zero-order valence-electron chi connectivity index (χ0n) is 10.2. The standard InChI is InChI=1S/C13H16BrNO3/c1-18-12-5-2-10(14)6-9(12)7-15(8-13(16)17)11-3-4-11/h2,5-6,11H,3-4,7-8H2,1H3,(H,16,17). The second-order valence-electron chi connectivity index (χ2n) is 4.49. The van der Waals surface area contributed by atoms with E-state index in [4.69, 9.17) is 9.84 Å². The van der Waals surface area contributed by atoms with Gasteiger partial charge in [0.2, 0.25) is 0 Å². The van der Waals surface area contributed by atoms with Gasteiger partial charge in [-0.3, -0.25) is 9.69 Å². The van der Waals surface area contributed by atoms with Gasteiger partial charge in [0.1, 0.15) is 5.75 Å². The molecule has 1 aliphatic rings. The average molecular weight is 314 g/mol. The fourth-order valence-corrected chi connectivity index (χ4v) is 2.43. The Morgan fingerprint density at radius 1 is 1.56 bits per heavy atom. The molecule has 2 rings (SSSR count). The van der Waals surface area contributed by atoms with Gasteiger partial charge in [0.25, 0.3) is 0 Å². The number of carbonyl (C=O) groups is 1. The topological polar surface area (TPSA) is 49.8 Å². The van der Waals surface area contributed by atoms with Crippen LogP contribution in [0.1, 0.15) is 18.4 Å². The molecule has 0 amide bonds. The lowest BCUT2D eigenvalue weighted by atomic mass is 10.2. The molecule has 0 atom stereocenters. The number of halogens is 1. The molecular formula is C13H16BrNO3. The molecule has 0 unspecified atom stereocenters. The number of carboxylic acid groups (broad SMARTS) is 1. The predicted molar refractivity (Wildman–Crippen MR) is 71.8 cm³/mol. The van der Waals surface area contributed by atoms with Crippen molar-refractivity contribution in [3.05, 3.63) is 28.2 Å². The number of benzene rings is 1. The maximum Gasteiger partial charge on any atom is 0.317 e. The maximum absolute atomic E-state index is 10.9. The van der Waals surface area contributed by atoms with E-state index in [-0.39, 0.29) is 6.54 Å². The van der Waals surface area contributed by atoms with Crippen molar-refractivity contribution in [1.29, 1.82) is 0 Å². The van der Waals surface area contributed by atoms with E-state index >= 15 is 0 Å². The SMILES string of the molecule is COc1ccc(Br)cc1CN(CC(=O)O)C1CC1. The van der Waals surface area contributed by atoms with Gasteiger partial charge in [0.05, 0.1) is 13.7 Å². The Labute approximate surface area is 115 Å². The summed E-state index contributed by atoms with van der Waals surface area (Å²) in [5, 5.41) is 8.94. The molecule has 1 aromatic carbocycles. The molecule has 1 fully saturated rings. The Kier molecular flexibility index (Phi) is 4.24. The lowest BCUT2D eigenvalue weighted by Gasteiger charge is -2.21. The predicted octanol–water partition coefficient (Wildman–Crippen LogP) is 2.51. The highest BCUT2D eigenvalue weighted by Crippen LogP contribution is 2.31. The van der Waals surface area contributed by atoms with E-state index < -0.39 is 5.97 Å². The minimum Gasteiger partial charge on any atom is -0.496 e. The van der Waals surface area contributed by atoms with Gasteiger partial charge in [-0.15, -0.1) is 0 Å². The first-order valence-corrected chi connectivity index (χ1v) is 6.67.